The van der Waals surface area contributed by atoms with E-state index < -0.39 is 0 Å². The molecule has 0 aromatic rings. The summed E-state index contributed by atoms with van der Waals surface area (Å²) in [6, 6.07) is 0. The molecule has 1 aliphatic rings. The molecule has 1 aliphatic carbocycles. The van der Waals surface area contributed by atoms with E-state index in [4.69, 9.17) is 0 Å². The van der Waals surface area contributed by atoms with Gasteiger partial charge in [-0.05, 0) is 42.9 Å². The molecule has 1 saturated carbocycles. The number of hydrogen-bond acceptors (Lipinski definition) is 0. The molecule has 13 heavy (non-hydrogen) atoms. The zero-order chi connectivity index (χ0) is 9.90. The van der Waals surface area contributed by atoms with Gasteiger partial charge in [-0.15, -0.1) is 0 Å². The predicted molar refractivity (Wildman–Crippen MR) is 59.8 cm³/mol. The molecule has 1 fully saturated rings. The molecule has 1 rings (SSSR count). The summed E-state index contributed by atoms with van der Waals surface area (Å²) in [7, 11) is 0. The maximum atomic E-state index is 2.35. The van der Waals surface area contributed by atoms with Crippen molar-refractivity contribution in [2.45, 2.75) is 66.2 Å². The molecule has 0 saturated heterocycles. The van der Waals surface area contributed by atoms with Crippen LogP contribution in [-0.4, -0.2) is 0 Å². The Bertz CT molecular complexity index is 126. The lowest BCUT2D eigenvalue weighted by Gasteiger charge is -2.17. The third-order valence-electron chi connectivity index (χ3n) is 3.46. The lowest BCUT2D eigenvalue weighted by Crippen LogP contribution is -2.04. The van der Waals surface area contributed by atoms with E-state index in [2.05, 4.69) is 27.7 Å². The standard InChI is InChI=1S/C13H26/c1-11(2)5-7-13(9-10-13)8-6-12(3)4/h11-12H,5-10H2,1-4H3. The van der Waals surface area contributed by atoms with Crippen molar-refractivity contribution in [2.75, 3.05) is 0 Å². The molecule has 0 aromatic heterocycles. The maximum absolute atomic E-state index is 2.35. The zero-order valence-corrected chi connectivity index (χ0v) is 9.90. The van der Waals surface area contributed by atoms with E-state index in [1.54, 1.807) is 0 Å². The fourth-order valence-electron chi connectivity index (χ4n) is 1.99. The zero-order valence-electron chi connectivity index (χ0n) is 9.90. The Morgan fingerprint density at radius 3 is 1.46 bits per heavy atom. The van der Waals surface area contributed by atoms with Gasteiger partial charge in [0.1, 0.15) is 0 Å². The van der Waals surface area contributed by atoms with E-state index in [1.165, 1.54) is 38.5 Å². The molecule has 0 heteroatoms. The minimum Gasteiger partial charge on any atom is -0.0628 e. The van der Waals surface area contributed by atoms with Gasteiger partial charge in [-0.3, -0.25) is 0 Å². The minimum atomic E-state index is 0.814. The molecule has 0 heterocycles. The van der Waals surface area contributed by atoms with E-state index in [0.717, 1.165) is 17.3 Å². The van der Waals surface area contributed by atoms with Crippen LogP contribution < -0.4 is 0 Å². The van der Waals surface area contributed by atoms with Gasteiger partial charge in [0.05, 0.1) is 0 Å². The van der Waals surface area contributed by atoms with Crippen LogP contribution in [0.25, 0.3) is 0 Å². The SMILES string of the molecule is CC(C)CCC1(CCC(C)C)CC1. The molecule has 0 radical (unpaired) electrons. The predicted octanol–water partition coefficient (Wildman–Crippen LogP) is 4.64. The summed E-state index contributed by atoms with van der Waals surface area (Å²) in [5.74, 6) is 1.80. The van der Waals surface area contributed by atoms with Crippen molar-refractivity contribution in [3.05, 3.63) is 0 Å². The molecule has 0 spiro atoms. The highest BCUT2D eigenvalue weighted by Crippen LogP contribution is 2.54. The van der Waals surface area contributed by atoms with Gasteiger partial charge in [0.15, 0.2) is 0 Å². The topological polar surface area (TPSA) is 0 Å². The van der Waals surface area contributed by atoms with E-state index in [0.29, 0.717) is 0 Å². The highest BCUT2D eigenvalue weighted by Gasteiger charge is 2.41. The van der Waals surface area contributed by atoms with Gasteiger partial charge in [0.2, 0.25) is 0 Å². The second-order valence-electron chi connectivity index (χ2n) is 5.87. The Labute approximate surface area is 84.1 Å². The highest BCUT2D eigenvalue weighted by molar-refractivity contribution is 4.92. The Balaban J connectivity index is 2.15. The molecule has 0 aliphatic heterocycles. The average molecular weight is 182 g/mol. The maximum Gasteiger partial charge on any atom is -0.0297 e. The van der Waals surface area contributed by atoms with Gasteiger partial charge in [-0.2, -0.15) is 0 Å². The van der Waals surface area contributed by atoms with Crippen molar-refractivity contribution >= 4 is 0 Å². The van der Waals surface area contributed by atoms with Crippen molar-refractivity contribution < 1.29 is 0 Å². The van der Waals surface area contributed by atoms with Crippen LogP contribution >= 0.6 is 0 Å². The third-order valence-corrected chi connectivity index (χ3v) is 3.46. The lowest BCUT2D eigenvalue weighted by atomic mass is 9.89. The van der Waals surface area contributed by atoms with Crippen LogP contribution in [-0.2, 0) is 0 Å². The summed E-state index contributed by atoms with van der Waals surface area (Å²) >= 11 is 0. The highest BCUT2D eigenvalue weighted by atomic mass is 14.5. The summed E-state index contributed by atoms with van der Waals surface area (Å²) in [4.78, 5) is 0. The smallest absolute Gasteiger partial charge is 0.0297 e. The van der Waals surface area contributed by atoms with E-state index in [-0.39, 0.29) is 0 Å². The molecular weight excluding hydrogens is 156 g/mol. The van der Waals surface area contributed by atoms with Gasteiger partial charge in [-0.25, -0.2) is 0 Å². The van der Waals surface area contributed by atoms with Crippen LogP contribution in [0.15, 0.2) is 0 Å². The van der Waals surface area contributed by atoms with Crippen molar-refractivity contribution in [1.82, 2.24) is 0 Å². The van der Waals surface area contributed by atoms with Crippen molar-refractivity contribution in [1.29, 1.82) is 0 Å². The molecule has 0 unspecified atom stereocenters. The van der Waals surface area contributed by atoms with Gasteiger partial charge >= 0.3 is 0 Å². The summed E-state index contributed by atoms with van der Waals surface area (Å²) in [5.41, 5.74) is 0.814. The Morgan fingerprint density at radius 2 is 1.23 bits per heavy atom. The average Bonchev–Trinajstić information content (AvgIpc) is 2.78. The normalized spacial score (nSPS) is 19.8. The second kappa shape index (κ2) is 4.48. The second-order valence-corrected chi connectivity index (χ2v) is 5.87. The first-order valence-corrected chi connectivity index (χ1v) is 6.04. The van der Waals surface area contributed by atoms with Crippen molar-refractivity contribution in [3.8, 4) is 0 Å². The van der Waals surface area contributed by atoms with Crippen LogP contribution in [0.4, 0.5) is 0 Å². The van der Waals surface area contributed by atoms with Gasteiger partial charge in [0, 0.05) is 0 Å². The van der Waals surface area contributed by atoms with Crippen molar-refractivity contribution in [2.24, 2.45) is 17.3 Å². The van der Waals surface area contributed by atoms with E-state index in [1.807, 2.05) is 0 Å². The first kappa shape index (κ1) is 11.1. The van der Waals surface area contributed by atoms with Crippen LogP contribution in [0.3, 0.4) is 0 Å². The Hall–Kier alpha value is 0. The summed E-state index contributed by atoms with van der Waals surface area (Å²) < 4.78 is 0. The van der Waals surface area contributed by atoms with Crippen LogP contribution in [0.2, 0.25) is 0 Å². The van der Waals surface area contributed by atoms with Gasteiger partial charge < -0.3 is 0 Å². The summed E-state index contributed by atoms with van der Waals surface area (Å²) in [6.45, 7) is 9.38. The number of rotatable bonds is 6. The van der Waals surface area contributed by atoms with Gasteiger partial charge in [0.25, 0.3) is 0 Å². The van der Waals surface area contributed by atoms with Crippen LogP contribution in [0.1, 0.15) is 66.2 Å². The largest absolute Gasteiger partial charge is 0.0628 e. The molecule has 0 nitrogen and oxygen atoms in total. The Kier molecular flexibility index (Phi) is 3.82. The minimum absolute atomic E-state index is 0.814. The fourth-order valence-corrected chi connectivity index (χ4v) is 1.99. The lowest BCUT2D eigenvalue weighted by molar-refractivity contribution is 0.350. The third kappa shape index (κ3) is 4.15. The van der Waals surface area contributed by atoms with Gasteiger partial charge in [-0.1, -0.05) is 40.5 Å². The van der Waals surface area contributed by atoms with Crippen LogP contribution in [0, 0.1) is 17.3 Å². The monoisotopic (exact) mass is 182 g/mol. The van der Waals surface area contributed by atoms with Crippen LogP contribution in [0.5, 0.6) is 0 Å². The molecule has 78 valence electrons. The van der Waals surface area contributed by atoms with Crippen molar-refractivity contribution in [3.63, 3.8) is 0 Å². The Morgan fingerprint density at radius 1 is 0.846 bits per heavy atom. The first-order chi connectivity index (χ1) is 6.04. The van der Waals surface area contributed by atoms with E-state index >= 15 is 0 Å². The molecule has 0 aromatic carbocycles. The molecule has 0 N–H and O–H groups in total. The first-order valence-electron chi connectivity index (χ1n) is 6.04. The summed E-state index contributed by atoms with van der Waals surface area (Å²) in [5, 5.41) is 0. The molecular formula is C13H26. The number of hydrogen-bond donors (Lipinski definition) is 0. The molecule has 0 amide bonds. The molecule has 0 atom stereocenters. The molecule has 0 bridgehead atoms. The quantitative estimate of drug-likeness (QED) is 0.561. The summed E-state index contributed by atoms with van der Waals surface area (Å²) in [6.07, 6.45) is 8.92. The van der Waals surface area contributed by atoms with E-state index in [9.17, 15) is 0 Å². The fraction of sp³-hybridized carbons (Fsp3) is 1.00.